The van der Waals surface area contributed by atoms with Gasteiger partial charge in [0.05, 0.1) is 31.8 Å². The van der Waals surface area contributed by atoms with Crippen LogP contribution in [0.3, 0.4) is 0 Å². The fraction of sp³-hybridized carbons (Fsp3) is 0.542. The number of halogens is 1. The molecule has 34 heavy (non-hydrogen) atoms. The third-order valence-electron chi connectivity index (χ3n) is 6.19. The van der Waals surface area contributed by atoms with Crippen molar-refractivity contribution >= 4 is 35.0 Å². The molecule has 184 valence electrons. The van der Waals surface area contributed by atoms with Crippen molar-refractivity contribution in [2.75, 3.05) is 51.0 Å². The van der Waals surface area contributed by atoms with Gasteiger partial charge in [0.1, 0.15) is 10.8 Å². The molecule has 0 bridgehead atoms. The van der Waals surface area contributed by atoms with Gasteiger partial charge in [-0.3, -0.25) is 14.3 Å². The highest BCUT2D eigenvalue weighted by molar-refractivity contribution is 8.00. The van der Waals surface area contributed by atoms with Crippen molar-refractivity contribution in [3.05, 3.63) is 45.0 Å². The number of nitrogens with zero attached hydrogens (tertiary/aromatic N) is 3. The van der Waals surface area contributed by atoms with E-state index in [1.165, 1.54) is 11.8 Å². The molecule has 0 spiro atoms. The first-order valence-corrected chi connectivity index (χ1v) is 13.1. The number of anilines is 1. The van der Waals surface area contributed by atoms with Gasteiger partial charge in [-0.2, -0.15) is 4.98 Å². The number of thioether (sulfide) groups is 1. The summed E-state index contributed by atoms with van der Waals surface area (Å²) in [6.07, 6.45) is 4.81. The highest BCUT2D eigenvalue weighted by Gasteiger charge is 2.21. The maximum Gasteiger partial charge on any atom is 0.348 e. The van der Waals surface area contributed by atoms with E-state index >= 15 is 0 Å². The summed E-state index contributed by atoms with van der Waals surface area (Å²) in [6, 6.07) is 5.07. The zero-order valence-corrected chi connectivity index (χ0v) is 21.1. The molecule has 0 radical (unpaired) electrons. The van der Waals surface area contributed by atoms with E-state index in [1.807, 2.05) is 4.57 Å². The summed E-state index contributed by atoms with van der Waals surface area (Å²) in [5.41, 5.74) is 2.51. The minimum Gasteiger partial charge on any atom is -0.495 e. The van der Waals surface area contributed by atoms with Crippen molar-refractivity contribution in [1.82, 2.24) is 14.5 Å². The summed E-state index contributed by atoms with van der Waals surface area (Å²) in [7, 11) is 1.54. The number of morpholine rings is 1. The summed E-state index contributed by atoms with van der Waals surface area (Å²) >= 11 is 7.37. The molecule has 1 aromatic heterocycles. The minimum absolute atomic E-state index is 0.148. The average molecular weight is 507 g/mol. The SMILES string of the molecule is COc1ccc(Cl)cc1NC(=O)CSc1nc(=O)n(CCCN2CCOCC2)c2c1CCCC2. The highest BCUT2D eigenvalue weighted by atomic mass is 35.5. The van der Waals surface area contributed by atoms with Crippen LogP contribution in [0.1, 0.15) is 30.5 Å². The van der Waals surface area contributed by atoms with Crippen molar-refractivity contribution in [3.63, 3.8) is 0 Å². The van der Waals surface area contributed by atoms with Crippen molar-refractivity contribution in [1.29, 1.82) is 0 Å². The molecule has 1 fully saturated rings. The van der Waals surface area contributed by atoms with Gasteiger partial charge in [0.15, 0.2) is 0 Å². The Morgan fingerprint density at radius 1 is 1.24 bits per heavy atom. The minimum atomic E-state index is -0.220. The molecule has 1 aliphatic heterocycles. The predicted molar refractivity (Wildman–Crippen MR) is 134 cm³/mol. The number of ether oxygens (including phenoxy) is 2. The Bertz CT molecular complexity index is 1070. The van der Waals surface area contributed by atoms with Crippen LogP contribution < -0.4 is 15.7 Å². The van der Waals surface area contributed by atoms with Crippen LogP contribution in [0.5, 0.6) is 5.75 Å². The number of rotatable bonds is 9. The molecule has 1 saturated heterocycles. The van der Waals surface area contributed by atoms with Crippen molar-refractivity contribution in [2.45, 2.75) is 43.7 Å². The fourth-order valence-corrected chi connectivity index (χ4v) is 5.52. The molecule has 2 aliphatic rings. The number of fused-ring (bicyclic) bond motifs is 1. The first-order chi connectivity index (χ1) is 16.5. The van der Waals surface area contributed by atoms with Crippen molar-refractivity contribution in [2.24, 2.45) is 0 Å². The van der Waals surface area contributed by atoms with Gasteiger partial charge in [0.2, 0.25) is 5.91 Å². The van der Waals surface area contributed by atoms with Crippen LogP contribution in [0.4, 0.5) is 5.69 Å². The number of benzene rings is 1. The average Bonchev–Trinajstić information content (AvgIpc) is 2.85. The normalized spacial score (nSPS) is 16.2. The largest absolute Gasteiger partial charge is 0.495 e. The van der Waals surface area contributed by atoms with Crippen LogP contribution in [0.2, 0.25) is 5.02 Å². The lowest BCUT2D eigenvalue weighted by molar-refractivity contribution is -0.113. The number of hydrogen-bond donors (Lipinski definition) is 1. The third kappa shape index (κ3) is 6.33. The molecular weight excluding hydrogens is 476 g/mol. The lowest BCUT2D eigenvalue weighted by atomic mass is 9.97. The van der Waals surface area contributed by atoms with E-state index in [9.17, 15) is 9.59 Å². The summed E-state index contributed by atoms with van der Waals surface area (Å²) < 4.78 is 12.6. The molecule has 8 nitrogen and oxygen atoms in total. The summed E-state index contributed by atoms with van der Waals surface area (Å²) in [5, 5.41) is 4.03. The molecular formula is C24H31ClN4O4S. The van der Waals surface area contributed by atoms with Gasteiger partial charge in [0, 0.05) is 42.5 Å². The monoisotopic (exact) mass is 506 g/mol. The Morgan fingerprint density at radius 3 is 2.82 bits per heavy atom. The molecule has 0 saturated carbocycles. The number of methoxy groups -OCH3 is 1. The molecule has 0 unspecified atom stereocenters. The quantitative estimate of drug-likeness (QED) is 0.412. The molecule has 4 rings (SSSR count). The van der Waals surface area contributed by atoms with E-state index in [0.29, 0.717) is 28.0 Å². The zero-order chi connectivity index (χ0) is 23.9. The van der Waals surface area contributed by atoms with Gasteiger partial charge >= 0.3 is 5.69 Å². The van der Waals surface area contributed by atoms with E-state index < -0.39 is 0 Å². The first kappa shape index (κ1) is 25.0. The smallest absolute Gasteiger partial charge is 0.348 e. The lowest BCUT2D eigenvalue weighted by Gasteiger charge is -2.27. The first-order valence-electron chi connectivity index (χ1n) is 11.7. The van der Waals surface area contributed by atoms with E-state index in [2.05, 4.69) is 15.2 Å². The number of hydrogen-bond acceptors (Lipinski definition) is 7. The molecule has 10 heteroatoms. The molecule has 1 aliphatic carbocycles. The third-order valence-corrected chi connectivity index (χ3v) is 7.44. The Hall–Kier alpha value is -2.07. The Kier molecular flexibility index (Phi) is 8.88. The van der Waals surface area contributed by atoms with Crippen molar-refractivity contribution in [3.8, 4) is 5.75 Å². The van der Waals surface area contributed by atoms with E-state index in [0.717, 1.165) is 76.2 Å². The summed E-state index contributed by atoms with van der Waals surface area (Å²) in [6.45, 7) is 5.08. The second-order valence-corrected chi connectivity index (χ2v) is 9.87. The molecule has 1 N–H and O–H groups in total. The molecule has 0 atom stereocenters. The van der Waals surface area contributed by atoms with Gasteiger partial charge in [-0.05, 0) is 50.3 Å². The van der Waals surface area contributed by atoms with Crippen LogP contribution in [0.25, 0.3) is 0 Å². The van der Waals surface area contributed by atoms with E-state index in [-0.39, 0.29) is 17.3 Å². The summed E-state index contributed by atoms with van der Waals surface area (Å²) in [4.78, 5) is 32.3. The zero-order valence-electron chi connectivity index (χ0n) is 19.5. The van der Waals surface area contributed by atoms with Crippen LogP contribution in [-0.2, 0) is 28.9 Å². The Labute approximate surface area is 209 Å². The van der Waals surface area contributed by atoms with Crippen LogP contribution >= 0.6 is 23.4 Å². The molecule has 2 aromatic rings. The van der Waals surface area contributed by atoms with Crippen LogP contribution in [-0.4, -0.2) is 66.1 Å². The Morgan fingerprint density at radius 2 is 2.03 bits per heavy atom. The lowest BCUT2D eigenvalue weighted by Crippen LogP contribution is -2.38. The van der Waals surface area contributed by atoms with Gasteiger partial charge in [-0.1, -0.05) is 23.4 Å². The van der Waals surface area contributed by atoms with Crippen LogP contribution in [0, 0.1) is 0 Å². The van der Waals surface area contributed by atoms with Gasteiger partial charge in [0.25, 0.3) is 0 Å². The molecule has 1 amide bonds. The molecule has 1 aromatic carbocycles. The van der Waals surface area contributed by atoms with Gasteiger partial charge < -0.3 is 14.8 Å². The van der Waals surface area contributed by atoms with Crippen LogP contribution in [0.15, 0.2) is 28.0 Å². The van der Waals surface area contributed by atoms with Gasteiger partial charge in [-0.15, -0.1) is 0 Å². The topological polar surface area (TPSA) is 85.7 Å². The van der Waals surface area contributed by atoms with Gasteiger partial charge in [-0.25, -0.2) is 4.79 Å². The molecule has 2 heterocycles. The van der Waals surface area contributed by atoms with E-state index in [4.69, 9.17) is 21.1 Å². The van der Waals surface area contributed by atoms with Crippen molar-refractivity contribution < 1.29 is 14.3 Å². The number of carbonyl (C=O) groups excluding carboxylic acids is 1. The second-order valence-electron chi connectivity index (χ2n) is 8.47. The second kappa shape index (κ2) is 12.1. The Balaban J connectivity index is 1.42. The number of amides is 1. The van der Waals surface area contributed by atoms with E-state index in [1.54, 1.807) is 25.3 Å². The highest BCUT2D eigenvalue weighted by Crippen LogP contribution is 2.30. The predicted octanol–water partition coefficient (Wildman–Crippen LogP) is 3.24. The standard InChI is InChI=1S/C24H31ClN4O4S/c1-32-21-8-7-17(25)15-19(21)26-22(30)16-34-23-18-5-2-3-6-20(18)29(24(31)27-23)10-4-9-28-11-13-33-14-12-28/h7-8,15H,2-6,9-14,16H2,1H3,(H,26,30). The number of carbonyl (C=O) groups is 1. The maximum atomic E-state index is 12.9. The fourth-order valence-electron chi connectivity index (χ4n) is 4.47. The maximum absolute atomic E-state index is 12.9. The summed E-state index contributed by atoms with van der Waals surface area (Å²) in [5.74, 6) is 0.486. The number of nitrogens with one attached hydrogen (secondary N) is 1. The number of aromatic nitrogens is 2.